The number of likely N-dealkylation sites (tertiary alicyclic amines) is 1. The van der Waals surface area contributed by atoms with E-state index in [9.17, 15) is 12.8 Å². The van der Waals surface area contributed by atoms with Crippen LogP contribution in [0.5, 0.6) is 0 Å². The average Bonchev–Trinajstić information content (AvgIpc) is 2.65. The summed E-state index contributed by atoms with van der Waals surface area (Å²) >= 11 is 0. The van der Waals surface area contributed by atoms with Crippen LogP contribution in [0.1, 0.15) is 30.9 Å². The van der Waals surface area contributed by atoms with Crippen molar-refractivity contribution in [2.75, 3.05) is 38.2 Å². The number of nitrogens with one attached hydrogen (secondary N) is 2. The highest BCUT2D eigenvalue weighted by Crippen LogP contribution is 2.12. The molecule has 1 fully saturated rings. The molecule has 9 heteroatoms. The van der Waals surface area contributed by atoms with E-state index < -0.39 is 15.7 Å². The molecule has 1 heterocycles. The lowest BCUT2D eigenvalue weighted by Crippen LogP contribution is -2.49. The van der Waals surface area contributed by atoms with Crippen molar-refractivity contribution >= 4 is 15.8 Å². The molecule has 1 aliphatic heterocycles. The quantitative estimate of drug-likeness (QED) is 0.520. The highest BCUT2D eigenvalue weighted by molar-refractivity contribution is 7.90. The second-order valence-corrected chi connectivity index (χ2v) is 9.26. The van der Waals surface area contributed by atoms with Crippen LogP contribution in [0.2, 0.25) is 0 Å². The second kappa shape index (κ2) is 10.4. The largest absolute Gasteiger partial charge is 0.357 e. The van der Waals surface area contributed by atoms with E-state index in [0.717, 1.165) is 25.9 Å². The van der Waals surface area contributed by atoms with Crippen molar-refractivity contribution in [3.8, 4) is 6.07 Å². The van der Waals surface area contributed by atoms with Crippen molar-refractivity contribution < 1.29 is 12.8 Å². The molecular formula is C19H28FN5O2S. The Kier molecular flexibility index (Phi) is 8.20. The van der Waals surface area contributed by atoms with Gasteiger partial charge in [-0.25, -0.2) is 17.8 Å². The van der Waals surface area contributed by atoms with Crippen LogP contribution in [-0.4, -0.2) is 63.5 Å². The van der Waals surface area contributed by atoms with E-state index in [-0.39, 0.29) is 23.9 Å². The normalized spacial score (nSPS) is 16.6. The molecule has 0 saturated carbocycles. The summed E-state index contributed by atoms with van der Waals surface area (Å²) in [6, 6.07) is 6.54. The molecule has 154 valence electrons. The van der Waals surface area contributed by atoms with E-state index >= 15 is 0 Å². The van der Waals surface area contributed by atoms with E-state index in [1.807, 2.05) is 13.0 Å². The molecule has 1 aromatic carbocycles. The van der Waals surface area contributed by atoms with Gasteiger partial charge >= 0.3 is 0 Å². The summed E-state index contributed by atoms with van der Waals surface area (Å²) in [4.78, 5) is 6.62. The molecule has 0 spiro atoms. The fourth-order valence-corrected chi connectivity index (χ4v) is 3.61. The third-order valence-corrected chi connectivity index (χ3v) is 5.56. The first-order valence-electron chi connectivity index (χ1n) is 9.44. The lowest BCUT2D eigenvalue weighted by Gasteiger charge is -2.32. The Hall–Kier alpha value is -2.18. The SMILES string of the molecule is CCNC(=NCc1ccc(C#N)cc1F)NC1CCN(CCS(C)(=O)=O)CC1. The highest BCUT2D eigenvalue weighted by atomic mass is 32.2. The summed E-state index contributed by atoms with van der Waals surface area (Å²) in [7, 11) is -2.94. The Morgan fingerprint density at radius 1 is 1.39 bits per heavy atom. The Morgan fingerprint density at radius 3 is 2.68 bits per heavy atom. The number of guanidine groups is 1. The number of sulfone groups is 1. The fourth-order valence-electron chi connectivity index (χ4n) is 3.02. The molecule has 0 aliphatic carbocycles. The zero-order chi connectivity index (χ0) is 20.6. The first-order valence-corrected chi connectivity index (χ1v) is 11.5. The molecule has 0 bridgehead atoms. The minimum absolute atomic E-state index is 0.181. The number of rotatable bonds is 7. The van der Waals surface area contributed by atoms with Crippen LogP contribution in [0, 0.1) is 17.1 Å². The lowest BCUT2D eigenvalue weighted by molar-refractivity contribution is 0.216. The zero-order valence-corrected chi connectivity index (χ0v) is 17.2. The average molecular weight is 410 g/mol. The minimum atomic E-state index is -2.94. The molecule has 1 saturated heterocycles. The van der Waals surface area contributed by atoms with Crippen LogP contribution in [0.15, 0.2) is 23.2 Å². The first-order chi connectivity index (χ1) is 13.3. The van der Waals surface area contributed by atoms with Crippen molar-refractivity contribution in [1.82, 2.24) is 15.5 Å². The van der Waals surface area contributed by atoms with E-state index in [4.69, 9.17) is 5.26 Å². The fraction of sp³-hybridized carbons (Fsp3) is 0.579. The number of aliphatic imine (C=N–C) groups is 1. The third-order valence-electron chi connectivity index (χ3n) is 4.64. The number of halogens is 1. The maximum Gasteiger partial charge on any atom is 0.191 e. The molecule has 1 aliphatic rings. The number of hydrogen-bond acceptors (Lipinski definition) is 5. The Labute approximate surface area is 166 Å². The van der Waals surface area contributed by atoms with E-state index in [2.05, 4.69) is 20.5 Å². The van der Waals surface area contributed by atoms with Gasteiger partial charge < -0.3 is 15.5 Å². The summed E-state index contributed by atoms with van der Waals surface area (Å²) in [6.45, 7) is 5.06. The van der Waals surface area contributed by atoms with Gasteiger partial charge in [-0.15, -0.1) is 0 Å². The number of piperidine rings is 1. The number of hydrogen-bond donors (Lipinski definition) is 2. The highest BCUT2D eigenvalue weighted by Gasteiger charge is 2.20. The summed E-state index contributed by atoms with van der Waals surface area (Å²) in [5, 5.41) is 15.4. The van der Waals surface area contributed by atoms with Gasteiger partial charge in [0.1, 0.15) is 15.7 Å². The molecule has 1 aromatic rings. The maximum atomic E-state index is 14.0. The van der Waals surface area contributed by atoms with Gasteiger partial charge in [-0.3, -0.25) is 0 Å². The molecule has 28 heavy (non-hydrogen) atoms. The van der Waals surface area contributed by atoms with Crippen molar-refractivity contribution in [3.05, 3.63) is 35.1 Å². The van der Waals surface area contributed by atoms with Crippen LogP contribution in [-0.2, 0) is 16.4 Å². The van der Waals surface area contributed by atoms with Crippen molar-refractivity contribution in [3.63, 3.8) is 0 Å². The molecule has 0 unspecified atom stereocenters. The monoisotopic (exact) mass is 409 g/mol. The van der Waals surface area contributed by atoms with Gasteiger partial charge in [-0.1, -0.05) is 6.07 Å². The predicted molar refractivity (Wildman–Crippen MR) is 108 cm³/mol. The summed E-state index contributed by atoms with van der Waals surface area (Å²) < 4.78 is 36.6. The smallest absolute Gasteiger partial charge is 0.191 e. The van der Waals surface area contributed by atoms with Crippen LogP contribution in [0.4, 0.5) is 4.39 Å². The van der Waals surface area contributed by atoms with Crippen LogP contribution in [0.3, 0.4) is 0 Å². The van der Waals surface area contributed by atoms with Crippen LogP contribution < -0.4 is 10.6 Å². The third kappa shape index (κ3) is 7.44. The molecule has 2 rings (SSSR count). The van der Waals surface area contributed by atoms with E-state index in [1.165, 1.54) is 12.3 Å². The lowest BCUT2D eigenvalue weighted by atomic mass is 10.1. The number of nitriles is 1. The Bertz CT molecular complexity index is 827. The van der Waals surface area contributed by atoms with Gasteiger partial charge in [0, 0.05) is 44.0 Å². The molecule has 2 N–H and O–H groups in total. The zero-order valence-electron chi connectivity index (χ0n) is 16.4. The van der Waals surface area contributed by atoms with Crippen molar-refractivity contribution in [1.29, 1.82) is 5.26 Å². The molecule has 0 radical (unpaired) electrons. The molecule has 0 amide bonds. The van der Waals surface area contributed by atoms with Crippen LogP contribution >= 0.6 is 0 Å². The van der Waals surface area contributed by atoms with Gasteiger partial charge in [0.2, 0.25) is 0 Å². The molecule has 0 aromatic heterocycles. The van der Waals surface area contributed by atoms with E-state index in [0.29, 0.717) is 24.6 Å². The van der Waals surface area contributed by atoms with Crippen molar-refractivity contribution in [2.45, 2.75) is 32.4 Å². The Morgan fingerprint density at radius 2 is 2.11 bits per heavy atom. The summed E-state index contributed by atoms with van der Waals surface area (Å²) in [6.07, 6.45) is 3.04. The minimum Gasteiger partial charge on any atom is -0.357 e. The topological polar surface area (TPSA) is 97.6 Å². The second-order valence-electron chi connectivity index (χ2n) is 7.00. The Balaban J connectivity index is 1.89. The molecule has 0 atom stereocenters. The maximum absolute atomic E-state index is 14.0. The van der Waals surface area contributed by atoms with Gasteiger partial charge in [-0.2, -0.15) is 5.26 Å². The predicted octanol–water partition coefficient (Wildman–Crippen LogP) is 1.26. The van der Waals surface area contributed by atoms with Crippen LogP contribution in [0.25, 0.3) is 0 Å². The van der Waals surface area contributed by atoms with Gasteiger partial charge in [0.15, 0.2) is 5.96 Å². The number of benzene rings is 1. The number of nitrogens with zero attached hydrogens (tertiary/aromatic N) is 3. The molecular weight excluding hydrogens is 381 g/mol. The first kappa shape index (κ1) is 22.1. The van der Waals surface area contributed by atoms with Gasteiger partial charge in [0.05, 0.1) is 23.9 Å². The molecule has 7 nitrogen and oxygen atoms in total. The van der Waals surface area contributed by atoms with Crippen molar-refractivity contribution in [2.24, 2.45) is 4.99 Å². The summed E-state index contributed by atoms with van der Waals surface area (Å²) in [5.41, 5.74) is 0.727. The van der Waals surface area contributed by atoms with Gasteiger partial charge in [0.25, 0.3) is 0 Å². The van der Waals surface area contributed by atoms with Gasteiger partial charge in [-0.05, 0) is 31.9 Å². The van der Waals surface area contributed by atoms with E-state index in [1.54, 1.807) is 12.1 Å². The standard InChI is InChI=1S/C19H28FN5O2S/c1-3-22-19(23-14-16-5-4-15(13-21)12-18(16)20)24-17-6-8-25(9-7-17)10-11-28(2,26)27/h4-5,12,17H,3,6-11,14H2,1-2H3,(H2,22,23,24). The summed E-state index contributed by atoms with van der Waals surface area (Å²) in [5.74, 6) is 0.379.